The van der Waals surface area contributed by atoms with Crippen LogP contribution in [0, 0.1) is 11.8 Å². The largest absolute Gasteiger partial charge is 0.0654 e. The first-order chi connectivity index (χ1) is 15.6. The van der Waals surface area contributed by atoms with Crippen LogP contribution in [0.1, 0.15) is 103 Å². The number of hydrogen-bond donors (Lipinski definition) is 0. The number of hydrogen-bond acceptors (Lipinski definition) is 2. The van der Waals surface area contributed by atoms with E-state index in [2.05, 4.69) is 76.2 Å². The maximum Gasteiger partial charge on any atom is 0.0186 e. The van der Waals surface area contributed by atoms with Crippen molar-refractivity contribution in [1.29, 1.82) is 0 Å². The van der Waals surface area contributed by atoms with Crippen molar-refractivity contribution in [3.63, 3.8) is 0 Å². The molecule has 0 aliphatic carbocycles. The van der Waals surface area contributed by atoms with E-state index in [0.29, 0.717) is 0 Å². The first-order valence-corrected chi connectivity index (χ1v) is 15.3. The van der Waals surface area contributed by atoms with Gasteiger partial charge in [-0.05, 0) is 60.1 Å². The SMILES string of the molecule is CCCCCCC(C)Cc1ccc(SSc2ccc(CC(C)CCCCCC)cc2)cc1. The predicted molar refractivity (Wildman–Crippen MR) is 148 cm³/mol. The molecule has 0 N–H and O–H groups in total. The van der Waals surface area contributed by atoms with Crippen molar-refractivity contribution in [2.75, 3.05) is 0 Å². The summed E-state index contributed by atoms with van der Waals surface area (Å²) >= 11 is 0. The maximum atomic E-state index is 2.40. The standard InChI is InChI=1S/C30H46S2/c1-5-7-9-11-13-25(3)23-27-15-19-29(20-16-27)31-32-30-21-17-28(18-22-30)24-26(4)14-12-10-8-6-2/h15-22,25-26H,5-14,23-24H2,1-4H3. The van der Waals surface area contributed by atoms with Gasteiger partial charge < -0.3 is 0 Å². The van der Waals surface area contributed by atoms with Gasteiger partial charge in [-0.3, -0.25) is 0 Å². The van der Waals surface area contributed by atoms with E-state index >= 15 is 0 Å². The van der Waals surface area contributed by atoms with Crippen molar-refractivity contribution in [3.8, 4) is 0 Å². The van der Waals surface area contributed by atoms with Crippen LogP contribution in [-0.2, 0) is 12.8 Å². The van der Waals surface area contributed by atoms with Crippen LogP contribution < -0.4 is 0 Å². The molecule has 0 heterocycles. The van der Waals surface area contributed by atoms with Gasteiger partial charge in [0.15, 0.2) is 0 Å². The van der Waals surface area contributed by atoms with Crippen molar-refractivity contribution >= 4 is 21.6 Å². The van der Waals surface area contributed by atoms with E-state index in [0.717, 1.165) is 11.8 Å². The quantitative estimate of drug-likeness (QED) is 0.166. The minimum absolute atomic E-state index is 0.789. The Morgan fingerprint density at radius 2 is 0.906 bits per heavy atom. The third-order valence-corrected chi connectivity index (χ3v) is 8.77. The van der Waals surface area contributed by atoms with Crippen LogP contribution in [0.2, 0.25) is 0 Å². The molecule has 32 heavy (non-hydrogen) atoms. The summed E-state index contributed by atoms with van der Waals surface area (Å²) in [6.45, 7) is 9.38. The highest BCUT2D eigenvalue weighted by Gasteiger charge is 2.06. The van der Waals surface area contributed by atoms with Crippen LogP contribution in [-0.4, -0.2) is 0 Å². The van der Waals surface area contributed by atoms with E-state index in [1.807, 2.05) is 21.6 Å². The van der Waals surface area contributed by atoms with Crippen molar-refractivity contribution < 1.29 is 0 Å². The molecule has 0 aliphatic rings. The van der Waals surface area contributed by atoms with Gasteiger partial charge in [-0.2, -0.15) is 0 Å². The summed E-state index contributed by atoms with van der Waals surface area (Å²) < 4.78 is 0. The highest BCUT2D eigenvalue weighted by atomic mass is 33.1. The number of unbranched alkanes of at least 4 members (excludes halogenated alkanes) is 6. The van der Waals surface area contributed by atoms with Crippen LogP contribution in [0.4, 0.5) is 0 Å². The minimum Gasteiger partial charge on any atom is -0.0654 e. The fourth-order valence-corrected chi connectivity index (χ4v) is 6.24. The lowest BCUT2D eigenvalue weighted by Crippen LogP contribution is -1.99. The molecule has 0 amide bonds. The van der Waals surface area contributed by atoms with Crippen molar-refractivity contribution in [2.45, 2.75) is 115 Å². The van der Waals surface area contributed by atoms with Crippen LogP contribution >= 0.6 is 21.6 Å². The average Bonchev–Trinajstić information content (AvgIpc) is 2.80. The van der Waals surface area contributed by atoms with Crippen molar-refractivity contribution in [3.05, 3.63) is 59.7 Å². The molecule has 2 unspecified atom stereocenters. The Bertz CT molecular complexity index is 641. The Balaban J connectivity index is 1.69. The topological polar surface area (TPSA) is 0 Å². The van der Waals surface area contributed by atoms with Crippen LogP contribution in [0.5, 0.6) is 0 Å². The summed E-state index contributed by atoms with van der Waals surface area (Å²) in [6, 6.07) is 18.5. The molecule has 0 spiro atoms. The summed E-state index contributed by atoms with van der Waals surface area (Å²) in [5.41, 5.74) is 2.96. The third-order valence-electron chi connectivity index (χ3n) is 6.35. The zero-order chi connectivity index (χ0) is 23.0. The van der Waals surface area contributed by atoms with Gasteiger partial charge in [-0.1, -0.05) is 138 Å². The molecular formula is C30H46S2. The Morgan fingerprint density at radius 3 is 1.25 bits per heavy atom. The zero-order valence-corrected chi connectivity index (χ0v) is 22.7. The lowest BCUT2D eigenvalue weighted by molar-refractivity contribution is 0.487. The molecular weight excluding hydrogens is 424 g/mol. The summed E-state index contributed by atoms with van der Waals surface area (Å²) in [5, 5.41) is 0. The Hall–Kier alpha value is -0.860. The highest BCUT2D eigenvalue weighted by Crippen LogP contribution is 2.37. The molecule has 0 radical (unpaired) electrons. The lowest BCUT2D eigenvalue weighted by Gasteiger charge is -2.12. The predicted octanol–water partition coefficient (Wildman–Crippen LogP) is 10.8. The monoisotopic (exact) mass is 470 g/mol. The van der Waals surface area contributed by atoms with Gasteiger partial charge in [0.05, 0.1) is 0 Å². The van der Waals surface area contributed by atoms with Gasteiger partial charge in [0.2, 0.25) is 0 Å². The molecule has 2 aromatic carbocycles. The van der Waals surface area contributed by atoms with E-state index in [1.165, 1.54) is 98.0 Å². The van der Waals surface area contributed by atoms with E-state index in [4.69, 9.17) is 0 Å². The molecule has 0 nitrogen and oxygen atoms in total. The first-order valence-electron chi connectivity index (χ1n) is 13.1. The first kappa shape index (κ1) is 27.4. The molecule has 178 valence electrons. The minimum atomic E-state index is 0.789. The summed E-state index contributed by atoms with van der Waals surface area (Å²) in [5.74, 6) is 1.58. The molecule has 0 aliphatic heterocycles. The van der Waals surface area contributed by atoms with E-state index in [9.17, 15) is 0 Å². The molecule has 0 aromatic heterocycles. The normalized spacial score (nSPS) is 13.2. The number of rotatable bonds is 17. The Labute approximate surface area is 207 Å². The van der Waals surface area contributed by atoms with E-state index in [-0.39, 0.29) is 0 Å². The molecule has 2 aromatic rings. The van der Waals surface area contributed by atoms with Crippen molar-refractivity contribution in [2.24, 2.45) is 11.8 Å². The fraction of sp³-hybridized carbons (Fsp3) is 0.600. The Kier molecular flexibility index (Phi) is 14.3. The average molecular weight is 471 g/mol. The van der Waals surface area contributed by atoms with Gasteiger partial charge in [0.25, 0.3) is 0 Å². The number of benzene rings is 2. The van der Waals surface area contributed by atoms with E-state index in [1.54, 1.807) is 0 Å². The molecule has 0 saturated heterocycles. The van der Waals surface area contributed by atoms with Crippen LogP contribution in [0.15, 0.2) is 58.3 Å². The van der Waals surface area contributed by atoms with Gasteiger partial charge in [-0.15, -0.1) is 0 Å². The maximum absolute atomic E-state index is 2.40. The van der Waals surface area contributed by atoms with Gasteiger partial charge in [-0.25, -0.2) is 0 Å². The Morgan fingerprint density at radius 1 is 0.531 bits per heavy atom. The molecule has 0 fully saturated rings. The summed E-state index contributed by atoms with van der Waals surface area (Å²) in [6.07, 6.45) is 16.1. The second kappa shape index (κ2) is 16.7. The molecule has 0 bridgehead atoms. The van der Waals surface area contributed by atoms with Gasteiger partial charge in [0, 0.05) is 9.79 Å². The molecule has 2 heteroatoms. The molecule has 2 rings (SSSR count). The van der Waals surface area contributed by atoms with Gasteiger partial charge in [0.1, 0.15) is 0 Å². The van der Waals surface area contributed by atoms with Crippen molar-refractivity contribution in [1.82, 2.24) is 0 Å². The van der Waals surface area contributed by atoms with E-state index < -0.39 is 0 Å². The summed E-state index contributed by atoms with van der Waals surface area (Å²) in [4.78, 5) is 2.69. The summed E-state index contributed by atoms with van der Waals surface area (Å²) in [7, 11) is 3.75. The second-order valence-electron chi connectivity index (χ2n) is 9.77. The second-order valence-corrected chi connectivity index (χ2v) is 12.0. The molecule has 2 atom stereocenters. The van der Waals surface area contributed by atoms with Crippen LogP contribution in [0.3, 0.4) is 0 Å². The lowest BCUT2D eigenvalue weighted by atomic mass is 9.95. The zero-order valence-electron chi connectivity index (χ0n) is 21.1. The smallest absolute Gasteiger partial charge is 0.0186 e. The fourth-order valence-electron chi connectivity index (χ4n) is 4.31. The molecule has 0 saturated carbocycles. The third kappa shape index (κ3) is 11.8. The highest BCUT2D eigenvalue weighted by molar-refractivity contribution is 8.76. The van der Waals surface area contributed by atoms with Crippen LogP contribution in [0.25, 0.3) is 0 Å². The van der Waals surface area contributed by atoms with Gasteiger partial charge >= 0.3 is 0 Å².